The number of imidazole rings is 1. The van der Waals surface area contributed by atoms with Crippen LogP contribution >= 0.6 is 0 Å². The van der Waals surface area contributed by atoms with Crippen molar-refractivity contribution in [2.24, 2.45) is 5.73 Å². The molecule has 0 saturated heterocycles. The summed E-state index contributed by atoms with van der Waals surface area (Å²) in [5.41, 5.74) is 8.07. The van der Waals surface area contributed by atoms with Gasteiger partial charge in [-0.2, -0.15) is 0 Å². The first-order valence-electron chi connectivity index (χ1n) is 8.79. The van der Waals surface area contributed by atoms with Gasteiger partial charge in [-0.05, 0) is 25.5 Å². The molecule has 8 heteroatoms. The van der Waals surface area contributed by atoms with E-state index in [1.807, 2.05) is 10.6 Å². The molecule has 0 aliphatic carbocycles. The lowest BCUT2D eigenvalue weighted by Gasteiger charge is -2.19. The van der Waals surface area contributed by atoms with Crippen LogP contribution in [0.1, 0.15) is 28.4 Å². The van der Waals surface area contributed by atoms with E-state index < -0.39 is 0 Å². The summed E-state index contributed by atoms with van der Waals surface area (Å²) in [6.45, 7) is 2.44. The van der Waals surface area contributed by atoms with E-state index in [9.17, 15) is 9.59 Å². The fourth-order valence-corrected chi connectivity index (χ4v) is 3.23. The van der Waals surface area contributed by atoms with Crippen molar-refractivity contribution in [3.05, 3.63) is 64.1 Å². The molecule has 1 unspecified atom stereocenters. The van der Waals surface area contributed by atoms with Crippen molar-refractivity contribution >= 4 is 11.6 Å². The maximum Gasteiger partial charge on any atom is 0.275 e. The summed E-state index contributed by atoms with van der Waals surface area (Å²) in [6.07, 6.45) is 3.39. The van der Waals surface area contributed by atoms with Gasteiger partial charge in [0.15, 0.2) is 0 Å². The number of nitrogens with one attached hydrogen (secondary N) is 2. The van der Waals surface area contributed by atoms with Crippen molar-refractivity contribution in [2.75, 3.05) is 5.32 Å². The van der Waals surface area contributed by atoms with Gasteiger partial charge in [-0.1, -0.05) is 12.1 Å². The van der Waals surface area contributed by atoms with E-state index in [1.54, 1.807) is 31.3 Å². The van der Waals surface area contributed by atoms with Crippen LogP contribution in [0.15, 0.2) is 41.3 Å². The Morgan fingerprint density at radius 1 is 1.33 bits per heavy atom. The minimum atomic E-state index is -0.284. The molecule has 3 aromatic rings. The number of carbonyl (C=O) groups is 1. The third-order valence-corrected chi connectivity index (χ3v) is 4.53. The Hall–Kier alpha value is -3.26. The van der Waals surface area contributed by atoms with E-state index in [-0.39, 0.29) is 17.5 Å². The van der Waals surface area contributed by atoms with Crippen molar-refractivity contribution < 1.29 is 4.79 Å². The van der Waals surface area contributed by atoms with Gasteiger partial charge in [-0.15, -0.1) is 0 Å². The monoisotopic (exact) mass is 364 g/mol. The largest absolute Gasteiger partial charge is 0.333 e. The molecule has 27 heavy (non-hydrogen) atoms. The average molecular weight is 364 g/mol. The Kier molecular flexibility index (Phi) is 4.33. The van der Waals surface area contributed by atoms with Gasteiger partial charge in [0.05, 0.1) is 0 Å². The highest BCUT2D eigenvalue weighted by Gasteiger charge is 2.20. The zero-order valence-corrected chi connectivity index (χ0v) is 14.9. The minimum absolute atomic E-state index is 0.100. The SMILES string of the molecule is Cc1cc(=O)[nH]c(-c2cccc(NC(=O)c3cn4c(n3)CCC(N)C4)c2)n1. The molecule has 0 saturated carbocycles. The van der Waals surface area contributed by atoms with E-state index in [2.05, 4.69) is 20.3 Å². The normalized spacial score (nSPS) is 16.0. The number of H-pyrrole nitrogens is 1. The number of aryl methyl sites for hydroxylation is 2. The van der Waals surface area contributed by atoms with Crippen molar-refractivity contribution in [2.45, 2.75) is 32.4 Å². The van der Waals surface area contributed by atoms with Crippen LogP contribution < -0.4 is 16.6 Å². The second kappa shape index (κ2) is 6.81. The predicted molar refractivity (Wildman–Crippen MR) is 102 cm³/mol. The molecule has 138 valence electrons. The highest BCUT2D eigenvalue weighted by atomic mass is 16.2. The van der Waals surface area contributed by atoms with Gasteiger partial charge in [-0.25, -0.2) is 9.97 Å². The molecule has 4 N–H and O–H groups in total. The second-order valence-electron chi connectivity index (χ2n) is 6.76. The van der Waals surface area contributed by atoms with Crippen LogP contribution in [0.5, 0.6) is 0 Å². The average Bonchev–Trinajstić information content (AvgIpc) is 3.04. The van der Waals surface area contributed by atoms with Crippen LogP contribution in [0.25, 0.3) is 11.4 Å². The van der Waals surface area contributed by atoms with Crippen LogP contribution in [0, 0.1) is 6.92 Å². The smallest absolute Gasteiger partial charge is 0.275 e. The zero-order valence-electron chi connectivity index (χ0n) is 14.9. The molecule has 8 nitrogen and oxygen atoms in total. The second-order valence-corrected chi connectivity index (χ2v) is 6.76. The van der Waals surface area contributed by atoms with Crippen molar-refractivity contribution in [1.82, 2.24) is 19.5 Å². The Morgan fingerprint density at radius 3 is 3.00 bits per heavy atom. The van der Waals surface area contributed by atoms with E-state index in [1.165, 1.54) is 6.07 Å². The fourth-order valence-electron chi connectivity index (χ4n) is 3.23. The Labute approximate surface area is 155 Å². The van der Waals surface area contributed by atoms with E-state index >= 15 is 0 Å². The van der Waals surface area contributed by atoms with Gasteiger partial charge in [0.25, 0.3) is 11.5 Å². The fraction of sp³-hybridized carbons (Fsp3) is 0.263. The highest BCUT2D eigenvalue weighted by molar-refractivity contribution is 6.03. The number of benzene rings is 1. The van der Waals surface area contributed by atoms with E-state index in [0.717, 1.165) is 18.7 Å². The van der Waals surface area contributed by atoms with Gasteiger partial charge in [0.2, 0.25) is 0 Å². The third kappa shape index (κ3) is 3.65. The number of anilines is 1. The van der Waals surface area contributed by atoms with Crippen molar-refractivity contribution in [3.8, 4) is 11.4 Å². The number of nitrogens with two attached hydrogens (primary N) is 1. The van der Waals surface area contributed by atoms with Gasteiger partial charge in [0, 0.05) is 48.2 Å². The lowest BCUT2D eigenvalue weighted by Crippen LogP contribution is -2.31. The molecular weight excluding hydrogens is 344 g/mol. The quantitative estimate of drug-likeness (QED) is 0.650. The summed E-state index contributed by atoms with van der Waals surface area (Å²) < 4.78 is 1.95. The molecule has 1 aromatic carbocycles. The molecule has 3 heterocycles. The first-order valence-corrected chi connectivity index (χ1v) is 8.79. The summed E-state index contributed by atoms with van der Waals surface area (Å²) in [5, 5.41) is 2.85. The summed E-state index contributed by atoms with van der Waals surface area (Å²) in [5.74, 6) is 1.06. The number of hydrogen-bond acceptors (Lipinski definition) is 5. The van der Waals surface area contributed by atoms with Gasteiger partial charge >= 0.3 is 0 Å². The summed E-state index contributed by atoms with van der Waals surface area (Å²) >= 11 is 0. The summed E-state index contributed by atoms with van der Waals surface area (Å²) in [7, 11) is 0. The van der Waals surface area contributed by atoms with Crippen LogP contribution in [0.2, 0.25) is 0 Å². The predicted octanol–water partition coefficient (Wildman–Crippen LogP) is 1.47. The Balaban J connectivity index is 1.56. The molecule has 1 aliphatic heterocycles. The summed E-state index contributed by atoms with van der Waals surface area (Å²) in [6, 6.07) is 8.70. The molecule has 0 bridgehead atoms. The number of rotatable bonds is 3. The van der Waals surface area contributed by atoms with Crippen LogP contribution in [0.4, 0.5) is 5.69 Å². The maximum atomic E-state index is 12.6. The number of carbonyl (C=O) groups excluding carboxylic acids is 1. The Morgan fingerprint density at radius 2 is 2.19 bits per heavy atom. The molecule has 4 rings (SSSR count). The molecule has 1 atom stereocenters. The molecule has 1 aliphatic rings. The van der Waals surface area contributed by atoms with Crippen molar-refractivity contribution in [3.63, 3.8) is 0 Å². The molecule has 0 spiro atoms. The van der Waals surface area contributed by atoms with Crippen LogP contribution in [0.3, 0.4) is 0 Å². The number of amides is 1. The number of nitrogens with zero attached hydrogens (tertiary/aromatic N) is 3. The van der Waals surface area contributed by atoms with Crippen LogP contribution in [-0.4, -0.2) is 31.5 Å². The van der Waals surface area contributed by atoms with E-state index in [4.69, 9.17) is 5.73 Å². The van der Waals surface area contributed by atoms with Gasteiger partial charge < -0.3 is 20.6 Å². The molecule has 1 amide bonds. The lowest BCUT2D eigenvalue weighted by molar-refractivity contribution is 0.102. The molecular formula is C19H20N6O2. The number of aromatic nitrogens is 4. The third-order valence-electron chi connectivity index (χ3n) is 4.53. The highest BCUT2D eigenvalue weighted by Crippen LogP contribution is 2.20. The van der Waals surface area contributed by atoms with Gasteiger partial charge in [-0.3, -0.25) is 9.59 Å². The number of hydrogen-bond donors (Lipinski definition) is 3. The molecule has 2 aromatic heterocycles. The van der Waals surface area contributed by atoms with E-state index in [0.29, 0.717) is 35.0 Å². The minimum Gasteiger partial charge on any atom is -0.333 e. The first kappa shape index (κ1) is 17.2. The lowest BCUT2D eigenvalue weighted by atomic mass is 10.1. The standard InChI is InChI=1S/C19H20N6O2/c1-11-7-17(26)24-18(21-11)12-3-2-4-14(8-12)22-19(27)15-10-25-9-13(20)5-6-16(25)23-15/h2-4,7-8,10,13H,5-6,9,20H2,1H3,(H,22,27)(H,21,24,26). The molecule has 0 fully saturated rings. The Bertz CT molecular complexity index is 1070. The number of aromatic amines is 1. The maximum absolute atomic E-state index is 12.6. The zero-order chi connectivity index (χ0) is 19.0. The van der Waals surface area contributed by atoms with Gasteiger partial charge in [0.1, 0.15) is 17.3 Å². The summed E-state index contributed by atoms with van der Waals surface area (Å²) in [4.78, 5) is 35.7. The number of fused-ring (bicyclic) bond motifs is 1. The van der Waals surface area contributed by atoms with Crippen LogP contribution in [-0.2, 0) is 13.0 Å². The topological polar surface area (TPSA) is 119 Å². The molecule has 0 radical (unpaired) electrons. The van der Waals surface area contributed by atoms with Crippen molar-refractivity contribution in [1.29, 1.82) is 0 Å². The first-order chi connectivity index (χ1) is 13.0.